The van der Waals surface area contributed by atoms with E-state index < -0.39 is 0 Å². The van der Waals surface area contributed by atoms with Gasteiger partial charge in [-0.3, -0.25) is 9.59 Å². The van der Waals surface area contributed by atoms with E-state index >= 15 is 0 Å². The molecular formula is C22H25FN2O2. The SMILES string of the molecule is Cc1ccc(C(=O)N2CCC(NC(=O)CCc3ccccc3)CC2)cc1F. The summed E-state index contributed by atoms with van der Waals surface area (Å²) < 4.78 is 13.7. The summed E-state index contributed by atoms with van der Waals surface area (Å²) in [5, 5.41) is 3.07. The molecule has 1 saturated heterocycles. The molecule has 2 amide bonds. The van der Waals surface area contributed by atoms with Crippen molar-refractivity contribution in [3.8, 4) is 0 Å². The van der Waals surface area contributed by atoms with Gasteiger partial charge in [0.1, 0.15) is 5.82 Å². The lowest BCUT2D eigenvalue weighted by molar-refractivity contribution is -0.122. The van der Waals surface area contributed by atoms with E-state index in [2.05, 4.69) is 5.32 Å². The van der Waals surface area contributed by atoms with Crippen LogP contribution in [0.5, 0.6) is 0 Å². The Hall–Kier alpha value is -2.69. The molecule has 3 rings (SSSR count). The molecule has 4 nitrogen and oxygen atoms in total. The topological polar surface area (TPSA) is 49.4 Å². The van der Waals surface area contributed by atoms with Crippen molar-refractivity contribution in [1.29, 1.82) is 0 Å². The molecule has 0 aromatic heterocycles. The van der Waals surface area contributed by atoms with E-state index in [1.807, 2.05) is 30.3 Å². The van der Waals surface area contributed by atoms with E-state index in [1.165, 1.54) is 6.07 Å². The number of halogens is 1. The van der Waals surface area contributed by atoms with Crippen LogP contribution in [0, 0.1) is 12.7 Å². The van der Waals surface area contributed by atoms with E-state index in [-0.39, 0.29) is 23.7 Å². The van der Waals surface area contributed by atoms with Gasteiger partial charge in [-0.05, 0) is 49.4 Å². The maximum atomic E-state index is 13.7. The molecule has 1 N–H and O–H groups in total. The standard InChI is InChI=1S/C22H25FN2O2/c1-16-7-9-18(15-20(16)23)22(27)25-13-11-19(12-14-25)24-21(26)10-8-17-5-3-2-4-6-17/h2-7,9,15,19H,8,10-14H2,1H3,(H,24,26). The van der Waals surface area contributed by atoms with Gasteiger partial charge in [0.15, 0.2) is 0 Å². The lowest BCUT2D eigenvalue weighted by atomic mass is 10.0. The molecule has 5 heteroatoms. The number of piperidine rings is 1. The van der Waals surface area contributed by atoms with Gasteiger partial charge in [-0.2, -0.15) is 0 Å². The molecule has 1 fully saturated rings. The highest BCUT2D eigenvalue weighted by Gasteiger charge is 2.24. The fourth-order valence-corrected chi connectivity index (χ4v) is 3.34. The highest BCUT2D eigenvalue weighted by atomic mass is 19.1. The summed E-state index contributed by atoms with van der Waals surface area (Å²) in [6, 6.07) is 14.6. The second-order valence-electron chi connectivity index (χ2n) is 7.08. The molecule has 27 heavy (non-hydrogen) atoms. The zero-order chi connectivity index (χ0) is 19.2. The van der Waals surface area contributed by atoms with Crippen LogP contribution in [0.2, 0.25) is 0 Å². The van der Waals surface area contributed by atoms with E-state index in [0.29, 0.717) is 30.6 Å². The average molecular weight is 368 g/mol. The van der Waals surface area contributed by atoms with E-state index in [0.717, 1.165) is 24.8 Å². The van der Waals surface area contributed by atoms with Gasteiger partial charge in [0.2, 0.25) is 5.91 Å². The fraction of sp³-hybridized carbons (Fsp3) is 0.364. The van der Waals surface area contributed by atoms with Crippen LogP contribution in [0.4, 0.5) is 4.39 Å². The van der Waals surface area contributed by atoms with Crippen molar-refractivity contribution < 1.29 is 14.0 Å². The Bertz CT molecular complexity index is 799. The van der Waals surface area contributed by atoms with Gasteiger partial charge in [0.25, 0.3) is 5.91 Å². The van der Waals surface area contributed by atoms with Gasteiger partial charge in [-0.15, -0.1) is 0 Å². The minimum Gasteiger partial charge on any atom is -0.353 e. The summed E-state index contributed by atoms with van der Waals surface area (Å²) in [7, 11) is 0. The zero-order valence-corrected chi connectivity index (χ0v) is 15.6. The zero-order valence-electron chi connectivity index (χ0n) is 15.6. The van der Waals surface area contributed by atoms with Crippen LogP contribution in [-0.4, -0.2) is 35.8 Å². The summed E-state index contributed by atoms with van der Waals surface area (Å²) in [4.78, 5) is 26.4. The monoisotopic (exact) mass is 368 g/mol. The number of hydrogen-bond acceptors (Lipinski definition) is 2. The third-order valence-electron chi connectivity index (χ3n) is 5.05. The van der Waals surface area contributed by atoms with Gasteiger partial charge in [-0.25, -0.2) is 4.39 Å². The molecule has 2 aromatic rings. The molecule has 0 saturated carbocycles. The first-order chi connectivity index (χ1) is 13.0. The molecule has 0 atom stereocenters. The number of likely N-dealkylation sites (tertiary alicyclic amines) is 1. The Morgan fingerprint density at radius 3 is 2.48 bits per heavy atom. The first kappa shape index (κ1) is 19.1. The number of rotatable bonds is 5. The van der Waals surface area contributed by atoms with Crippen molar-refractivity contribution in [1.82, 2.24) is 10.2 Å². The van der Waals surface area contributed by atoms with Crippen LogP contribution in [0.3, 0.4) is 0 Å². The normalized spacial score (nSPS) is 14.8. The number of carbonyl (C=O) groups is 2. The number of hydrogen-bond donors (Lipinski definition) is 1. The average Bonchev–Trinajstić information content (AvgIpc) is 2.69. The first-order valence-corrected chi connectivity index (χ1v) is 9.41. The molecule has 0 bridgehead atoms. The third kappa shape index (κ3) is 5.16. The first-order valence-electron chi connectivity index (χ1n) is 9.41. The Balaban J connectivity index is 1.45. The maximum absolute atomic E-state index is 13.7. The molecule has 2 aromatic carbocycles. The van der Waals surface area contributed by atoms with Crippen LogP contribution in [-0.2, 0) is 11.2 Å². The smallest absolute Gasteiger partial charge is 0.253 e. The van der Waals surface area contributed by atoms with Gasteiger partial charge < -0.3 is 10.2 Å². The lowest BCUT2D eigenvalue weighted by Gasteiger charge is -2.32. The fourth-order valence-electron chi connectivity index (χ4n) is 3.34. The van der Waals surface area contributed by atoms with E-state index in [9.17, 15) is 14.0 Å². The highest BCUT2D eigenvalue weighted by molar-refractivity contribution is 5.94. The number of amides is 2. The van der Waals surface area contributed by atoms with Crippen LogP contribution < -0.4 is 5.32 Å². The van der Waals surface area contributed by atoms with Crippen molar-refractivity contribution in [3.63, 3.8) is 0 Å². The van der Waals surface area contributed by atoms with Crippen LogP contribution >= 0.6 is 0 Å². The molecular weight excluding hydrogens is 343 g/mol. The second kappa shape index (κ2) is 8.80. The number of aryl methyl sites for hydroxylation is 2. The van der Waals surface area contributed by atoms with E-state index in [4.69, 9.17) is 0 Å². The molecule has 1 aliphatic rings. The summed E-state index contributed by atoms with van der Waals surface area (Å²) in [6.45, 7) is 2.81. The summed E-state index contributed by atoms with van der Waals surface area (Å²) in [5.74, 6) is -0.464. The Kier molecular flexibility index (Phi) is 6.22. The quantitative estimate of drug-likeness (QED) is 0.878. The van der Waals surface area contributed by atoms with E-state index in [1.54, 1.807) is 24.0 Å². The second-order valence-corrected chi connectivity index (χ2v) is 7.08. The predicted octanol–water partition coefficient (Wildman–Crippen LogP) is 3.49. The molecule has 1 aliphatic heterocycles. The molecule has 142 valence electrons. The van der Waals surface area contributed by atoms with Crippen LogP contribution in [0.25, 0.3) is 0 Å². The minimum absolute atomic E-state index is 0.0456. The van der Waals surface area contributed by atoms with Crippen molar-refractivity contribution in [2.45, 2.75) is 38.6 Å². The van der Waals surface area contributed by atoms with Gasteiger partial charge >= 0.3 is 0 Å². The Morgan fingerprint density at radius 1 is 1.11 bits per heavy atom. The van der Waals surface area contributed by atoms with Crippen molar-refractivity contribution in [2.75, 3.05) is 13.1 Å². The summed E-state index contributed by atoms with van der Waals surface area (Å²) in [5.41, 5.74) is 2.06. The molecule has 0 spiro atoms. The Labute approximate surface area is 159 Å². The maximum Gasteiger partial charge on any atom is 0.253 e. The van der Waals surface area contributed by atoms with Gasteiger partial charge in [-0.1, -0.05) is 36.4 Å². The predicted molar refractivity (Wildman–Crippen MR) is 103 cm³/mol. The Morgan fingerprint density at radius 2 is 1.81 bits per heavy atom. The van der Waals surface area contributed by atoms with Crippen molar-refractivity contribution >= 4 is 11.8 Å². The largest absolute Gasteiger partial charge is 0.353 e. The number of benzene rings is 2. The van der Waals surface area contributed by atoms with Crippen molar-refractivity contribution in [3.05, 3.63) is 71.0 Å². The summed E-state index contributed by atoms with van der Waals surface area (Å²) in [6.07, 6.45) is 2.63. The van der Waals surface area contributed by atoms with Crippen molar-refractivity contribution in [2.24, 2.45) is 0 Å². The minimum atomic E-state index is -0.360. The van der Waals surface area contributed by atoms with Crippen LogP contribution in [0.15, 0.2) is 48.5 Å². The third-order valence-corrected chi connectivity index (χ3v) is 5.05. The lowest BCUT2D eigenvalue weighted by Crippen LogP contribution is -2.46. The van der Waals surface area contributed by atoms with Gasteiger partial charge in [0.05, 0.1) is 0 Å². The number of nitrogens with one attached hydrogen (secondary N) is 1. The number of carbonyl (C=O) groups excluding carboxylic acids is 2. The molecule has 0 radical (unpaired) electrons. The molecule has 0 unspecified atom stereocenters. The van der Waals surface area contributed by atoms with Crippen LogP contribution in [0.1, 0.15) is 40.7 Å². The molecule has 1 heterocycles. The molecule has 0 aliphatic carbocycles. The van der Waals surface area contributed by atoms with Gasteiger partial charge in [0, 0.05) is 31.1 Å². The summed E-state index contributed by atoms with van der Waals surface area (Å²) >= 11 is 0. The highest BCUT2D eigenvalue weighted by Crippen LogP contribution is 2.16. The number of nitrogens with zero attached hydrogens (tertiary/aromatic N) is 1.